The van der Waals surface area contributed by atoms with E-state index in [1.807, 2.05) is 11.3 Å². The number of fused-ring (bicyclic) bond motifs is 1. The van der Waals surface area contributed by atoms with Crippen molar-refractivity contribution in [3.8, 4) is 10.7 Å². The molecule has 0 aliphatic heterocycles. The largest absolute Gasteiger partial charge is 0.262 e. The highest BCUT2D eigenvalue weighted by atomic mass is 32.1. The van der Waals surface area contributed by atoms with Gasteiger partial charge in [-0.3, -0.25) is 5.10 Å². The molecule has 3 nitrogen and oxygen atoms in total. The zero-order valence-electron chi connectivity index (χ0n) is 11.0. The molecule has 0 bridgehead atoms. The Morgan fingerprint density at radius 1 is 1.22 bits per heavy atom. The maximum Gasteiger partial charge on any atom is 0.191 e. The van der Waals surface area contributed by atoms with Gasteiger partial charge in [0.1, 0.15) is 5.82 Å². The van der Waals surface area contributed by atoms with Crippen LogP contribution in [0, 0.1) is 0 Å². The predicted octanol–water partition coefficient (Wildman–Crippen LogP) is 3.93. The van der Waals surface area contributed by atoms with E-state index < -0.39 is 0 Å². The first-order valence-electron chi connectivity index (χ1n) is 6.78. The number of H-pyrrole nitrogens is 1. The summed E-state index contributed by atoms with van der Waals surface area (Å²) in [5.41, 5.74) is 1.53. The Hall–Kier alpha value is -1.16. The van der Waals surface area contributed by atoms with E-state index >= 15 is 0 Å². The number of nitrogens with zero attached hydrogens (tertiary/aromatic N) is 2. The van der Waals surface area contributed by atoms with Gasteiger partial charge in [0.15, 0.2) is 5.82 Å². The molecule has 18 heavy (non-hydrogen) atoms. The SMILES string of the molecule is CC(C)c1nc(-c2cc3c(s2)CCCCC3)n[nH]1. The number of aromatic amines is 1. The smallest absolute Gasteiger partial charge is 0.191 e. The third-order valence-corrected chi connectivity index (χ3v) is 4.75. The molecule has 0 unspecified atom stereocenters. The van der Waals surface area contributed by atoms with E-state index in [0.717, 1.165) is 11.6 Å². The van der Waals surface area contributed by atoms with Crippen molar-refractivity contribution in [1.82, 2.24) is 15.2 Å². The van der Waals surface area contributed by atoms with Crippen molar-refractivity contribution < 1.29 is 0 Å². The first kappa shape index (κ1) is 11.9. The van der Waals surface area contributed by atoms with Gasteiger partial charge in [-0.05, 0) is 37.3 Å². The Labute approximate surface area is 112 Å². The molecule has 4 heteroatoms. The highest BCUT2D eigenvalue weighted by Gasteiger charge is 2.16. The number of hydrogen-bond donors (Lipinski definition) is 1. The van der Waals surface area contributed by atoms with Crippen LogP contribution in [0.4, 0.5) is 0 Å². The summed E-state index contributed by atoms with van der Waals surface area (Å²) in [5.74, 6) is 2.26. The number of nitrogens with one attached hydrogen (secondary N) is 1. The van der Waals surface area contributed by atoms with Crippen molar-refractivity contribution in [2.75, 3.05) is 0 Å². The van der Waals surface area contributed by atoms with Gasteiger partial charge >= 0.3 is 0 Å². The Morgan fingerprint density at radius 2 is 2.06 bits per heavy atom. The van der Waals surface area contributed by atoms with E-state index in [1.165, 1.54) is 42.5 Å². The normalized spacial score (nSPS) is 15.7. The second-order valence-corrected chi connectivity index (χ2v) is 6.46. The van der Waals surface area contributed by atoms with Crippen molar-refractivity contribution in [1.29, 1.82) is 0 Å². The van der Waals surface area contributed by atoms with Crippen LogP contribution >= 0.6 is 11.3 Å². The van der Waals surface area contributed by atoms with Crippen molar-refractivity contribution in [2.45, 2.75) is 51.9 Å². The lowest BCUT2D eigenvalue weighted by molar-refractivity contribution is 0.713. The third-order valence-electron chi connectivity index (χ3n) is 3.52. The molecule has 1 N–H and O–H groups in total. The van der Waals surface area contributed by atoms with Crippen LogP contribution in [-0.2, 0) is 12.8 Å². The molecule has 0 aromatic carbocycles. The van der Waals surface area contributed by atoms with Crippen LogP contribution in [0.25, 0.3) is 10.7 Å². The molecule has 1 aliphatic rings. The molecule has 2 heterocycles. The summed E-state index contributed by atoms with van der Waals surface area (Å²) in [4.78, 5) is 7.37. The van der Waals surface area contributed by atoms with Crippen molar-refractivity contribution >= 4 is 11.3 Å². The molecule has 0 fully saturated rings. The van der Waals surface area contributed by atoms with Gasteiger partial charge < -0.3 is 0 Å². The van der Waals surface area contributed by atoms with E-state index in [9.17, 15) is 0 Å². The van der Waals surface area contributed by atoms with Crippen LogP contribution in [-0.4, -0.2) is 15.2 Å². The molecular weight excluding hydrogens is 242 g/mol. The molecule has 0 atom stereocenters. The molecular formula is C14H19N3S. The molecule has 2 aromatic rings. The molecule has 96 valence electrons. The highest BCUT2D eigenvalue weighted by molar-refractivity contribution is 7.15. The lowest BCUT2D eigenvalue weighted by atomic mass is 10.1. The average molecular weight is 261 g/mol. The van der Waals surface area contributed by atoms with Crippen LogP contribution in [0.15, 0.2) is 6.07 Å². The summed E-state index contributed by atoms with van der Waals surface area (Å²) < 4.78 is 0. The third kappa shape index (κ3) is 2.21. The summed E-state index contributed by atoms with van der Waals surface area (Å²) in [5, 5.41) is 7.39. The summed E-state index contributed by atoms with van der Waals surface area (Å²) in [6.07, 6.45) is 6.50. The molecule has 0 saturated carbocycles. The van der Waals surface area contributed by atoms with Crippen molar-refractivity contribution in [3.05, 3.63) is 22.3 Å². The number of thiophene rings is 1. The van der Waals surface area contributed by atoms with Crippen LogP contribution in [0.2, 0.25) is 0 Å². The highest BCUT2D eigenvalue weighted by Crippen LogP contribution is 2.33. The zero-order chi connectivity index (χ0) is 12.5. The minimum Gasteiger partial charge on any atom is -0.262 e. The Morgan fingerprint density at radius 3 is 2.83 bits per heavy atom. The van der Waals surface area contributed by atoms with Crippen LogP contribution in [0.5, 0.6) is 0 Å². The van der Waals surface area contributed by atoms with E-state index in [4.69, 9.17) is 0 Å². The number of aryl methyl sites for hydroxylation is 2. The summed E-state index contributed by atoms with van der Waals surface area (Å²) in [6.45, 7) is 4.27. The second kappa shape index (κ2) is 4.84. The monoisotopic (exact) mass is 261 g/mol. The molecule has 0 radical (unpaired) electrons. The zero-order valence-corrected chi connectivity index (χ0v) is 11.8. The van der Waals surface area contributed by atoms with Gasteiger partial charge in [-0.25, -0.2) is 4.98 Å². The summed E-state index contributed by atoms with van der Waals surface area (Å²) >= 11 is 1.88. The molecule has 1 aliphatic carbocycles. The summed E-state index contributed by atoms with van der Waals surface area (Å²) in [7, 11) is 0. The van der Waals surface area contributed by atoms with Gasteiger partial charge in [0.05, 0.1) is 4.88 Å². The van der Waals surface area contributed by atoms with E-state index in [2.05, 4.69) is 35.1 Å². The van der Waals surface area contributed by atoms with Gasteiger partial charge in [0, 0.05) is 10.8 Å². The van der Waals surface area contributed by atoms with Gasteiger partial charge in [-0.15, -0.1) is 11.3 Å². The maximum atomic E-state index is 4.59. The molecule has 3 rings (SSSR count). The topological polar surface area (TPSA) is 41.6 Å². The first-order chi connectivity index (χ1) is 8.74. The molecule has 0 amide bonds. The molecule has 0 saturated heterocycles. The number of rotatable bonds is 2. The standard InChI is InChI=1S/C14H19N3S/c1-9(2)13-15-14(17-16-13)12-8-10-6-4-3-5-7-11(10)18-12/h8-9H,3-7H2,1-2H3,(H,15,16,17). The van der Waals surface area contributed by atoms with Crippen LogP contribution < -0.4 is 0 Å². The Balaban J connectivity index is 1.92. The first-order valence-corrected chi connectivity index (χ1v) is 7.60. The lowest BCUT2D eigenvalue weighted by Gasteiger charge is -1.95. The maximum absolute atomic E-state index is 4.59. The van der Waals surface area contributed by atoms with Gasteiger partial charge in [0.2, 0.25) is 0 Å². The van der Waals surface area contributed by atoms with Gasteiger partial charge in [-0.2, -0.15) is 5.10 Å². The fraction of sp³-hybridized carbons (Fsp3) is 0.571. The van der Waals surface area contributed by atoms with Crippen molar-refractivity contribution in [2.24, 2.45) is 0 Å². The van der Waals surface area contributed by atoms with E-state index in [1.54, 1.807) is 4.88 Å². The van der Waals surface area contributed by atoms with E-state index in [0.29, 0.717) is 5.92 Å². The van der Waals surface area contributed by atoms with Crippen LogP contribution in [0.3, 0.4) is 0 Å². The van der Waals surface area contributed by atoms with Crippen LogP contribution in [0.1, 0.15) is 55.3 Å². The Kier molecular flexibility index (Phi) is 3.20. The fourth-order valence-electron chi connectivity index (χ4n) is 2.42. The predicted molar refractivity (Wildman–Crippen MR) is 75.0 cm³/mol. The molecule has 2 aromatic heterocycles. The molecule has 0 spiro atoms. The lowest BCUT2D eigenvalue weighted by Crippen LogP contribution is -1.89. The summed E-state index contributed by atoms with van der Waals surface area (Å²) in [6, 6.07) is 2.30. The average Bonchev–Trinajstić information content (AvgIpc) is 2.92. The minimum absolute atomic E-state index is 0.407. The second-order valence-electron chi connectivity index (χ2n) is 5.32. The van der Waals surface area contributed by atoms with Crippen molar-refractivity contribution in [3.63, 3.8) is 0 Å². The minimum atomic E-state index is 0.407. The number of aromatic nitrogens is 3. The quantitative estimate of drug-likeness (QED) is 0.832. The fourth-order valence-corrected chi connectivity index (χ4v) is 3.61. The van der Waals surface area contributed by atoms with Gasteiger partial charge in [0.25, 0.3) is 0 Å². The Bertz CT molecular complexity index is 515. The number of hydrogen-bond acceptors (Lipinski definition) is 3. The van der Waals surface area contributed by atoms with E-state index in [-0.39, 0.29) is 0 Å². The van der Waals surface area contributed by atoms with Gasteiger partial charge in [-0.1, -0.05) is 20.3 Å².